The first-order chi connectivity index (χ1) is 7.72. The molecule has 2 rings (SSSR count). The van der Waals surface area contributed by atoms with Crippen molar-refractivity contribution in [3.63, 3.8) is 0 Å². The van der Waals surface area contributed by atoms with Gasteiger partial charge in [-0.15, -0.1) is 11.6 Å². The number of ether oxygens (including phenoxy) is 2. The van der Waals surface area contributed by atoms with Crippen LogP contribution in [0.4, 0.5) is 0 Å². The Hall–Kier alpha value is -0.730. The molecule has 0 aromatic heterocycles. The van der Waals surface area contributed by atoms with Gasteiger partial charge in [0.2, 0.25) is 0 Å². The lowest BCUT2D eigenvalue weighted by Crippen LogP contribution is -2.13. The largest absolute Gasteiger partial charge is 0.496 e. The Labute approximate surface area is 102 Å². The number of alkyl halides is 1. The molecule has 1 aliphatic heterocycles. The van der Waals surface area contributed by atoms with Gasteiger partial charge < -0.3 is 9.47 Å². The fraction of sp³-hybridized carbons (Fsp3) is 0.538. The van der Waals surface area contributed by atoms with Crippen LogP contribution in [0.5, 0.6) is 5.75 Å². The maximum Gasteiger partial charge on any atom is 0.123 e. The van der Waals surface area contributed by atoms with Crippen molar-refractivity contribution in [3.05, 3.63) is 29.3 Å². The van der Waals surface area contributed by atoms with Gasteiger partial charge in [-0.3, -0.25) is 0 Å². The van der Waals surface area contributed by atoms with E-state index < -0.39 is 0 Å². The second kappa shape index (κ2) is 5.07. The molecule has 0 N–H and O–H groups in total. The maximum atomic E-state index is 6.46. The standard InChI is InChI=1S/C13H17ClO2/c1-9-5-6-11(15-2)10(8-9)13(14)12-4-3-7-16-12/h5-6,8,12-13H,3-4,7H2,1-2H3. The fourth-order valence-electron chi connectivity index (χ4n) is 2.10. The number of benzene rings is 1. The van der Waals surface area contributed by atoms with Crippen LogP contribution in [-0.4, -0.2) is 19.8 Å². The van der Waals surface area contributed by atoms with E-state index in [1.54, 1.807) is 7.11 Å². The van der Waals surface area contributed by atoms with Crippen LogP contribution < -0.4 is 4.74 Å². The van der Waals surface area contributed by atoms with Gasteiger partial charge in [-0.1, -0.05) is 17.7 Å². The Kier molecular flexibility index (Phi) is 3.72. The topological polar surface area (TPSA) is 18.5 Å². The SMILES string of the molecule is COc1ccc(C)cc1C(Cl)C1CCCO1. The Morgan fingerprint density at radius 3 is 2.94 bits per heavy atom. The quantitative estimate of drug-likeness (QED) is 0.754. The van der Waals surface area contributed by atoms with E-state index in [2.05, 4.69) is 13.0 Å². The highest BCUT2D eigenvalue weighted by atomic mass is 35.5. The van der Waals surface area contributed by atoms with Crippen molar-refractivity contribution >= 4 is 11.6 Å². The third-order valence-corrected chi connectivity index (χ3v) is 3.49. The zero-order chi connectivity index (χ0) is 11.5. The Morgan fingerprint density at radius 2 is 2.31 bits per heavy atom. The number of aryl methyl sites for hydroxylation is 1. The summed E-state index contributed by atoms with van der Waals surface area (Å²) in [5.74, 6) is 0.848. The van der Waals surface area contributed by atoms with E-state index in [-0.39, 0.29) is 11.5 Å². The monoisotopic (exact) mass is 240 g/mol. The minimum Gasteiger partial charge on any atom is -0.496 e. The molecule has 0 spiro atoms. The van der Waals surface area contributed by atoms with Crippen LogP contribution in [0, 0.1) is 6.92 Å². The number of methoxy groups -OCH3 is 1. The van der Waals surface area contributed by atoms with Crippen LogP contribution in [0.2, 0.25) is 0 Å². The molecular formula is C13H17ClO2. The van der Waals surface area contributed by atoms with Gasteiger partial charge in [0.05, 0.1) is 18.6 Å². The molecule has 1 aromatic rings. The highest BCUT2D eigenvalue weighted by Gasteiger charge is 2.27. The van der Waals surface area contributed by atoms with Crippen molar-refractivity contribution in [1.29, 1.82) is 0 Å². The summed E-state index contributed by atoms with van der Waals surface area (Å²) in [7, 11) is 1.67. The molecule has 2 unspecified atom stereocenters. The summed E-state index contributed by atoms with van der Waals surface area (Å²) in [6.07, 6.45) is 2.25. The molecule has 0 amide bonds. The summed E-state index contributed by atoms with van der Waals surface area (Å²) in [4.78, 5) is 0. The minimum atomic E-state index is -0.114. The summed E-state index contributed by atoms with van der Waals surface area (Å²) >= 11 is 6.46. The van der Waals surface area contributed by atoms with Gasteiger partial charge in [0.15, 0.2) is 0 Å². The van der Waals surface area contributed by atoms with Crippen LogP contribution in [0.3, 0.4) is 0 Å². The second-order valence-corrected chi connectivity index (χ2v) is 4.67. The Balaban J connectivity index is 2.26. The molecule has 3 heteroatoms. The van der Waals surface area contributed by atoms with Crippen LogP contribution in [0.1, 0.15) is 29.3 Å². The molecule has 0 bridgehead atoms. The number of hydrogen-bond acceptors (Lipinski definition) is 2. The van der Waals surface area contributed by atoms with Gasteiger partial charge in [-0.25, -0.2) is 0 Å². The molecule has 2 nitrogen and oxygen atoms in total. The molecule has 0 aliphatic carbocycles. The highest BCUT2D eigenvalue weighted by Crippen LogP contribution is 2.37. The number of halogens is 1. The van der Waals surface area contributed by atoms with E-state index in [0.717, 1.165) is 30.8 Å². The zero-order valence-corrected chi connectivity index (χ0v) is 10.5. The number of rotatable bonds is 3. The van der Waals surface area contributed by atoms with Crippen LogP contribution in [-0.2, 0) is 4.74 Å². The molecule has 1 fully saturated rings. The van der Waals surface area contributed by atoms with Gasteiger partial charge in [-0.05, 0) is 25.8 Å². The molecular weight excluding hydrogens is 224 g/mol. The van der Waals surface area contributed by atoms with Crippen molar-refractivity contribution in [2.75, 3.05) is 13.7 Å². The summed E-state index contributed by atoms with van der Waals surface area (Å²) in [6.45, 7) is 2.88. The predicted molar refractivity (Wildman–Crippen MR) is 65.3 cm³/mol. The van der Waals surface area contributed by atoms with Crippen LogP contribution >= 0.6 is 11.6 Å². The second-order valence-electron chi connectivity index (χ2n) is 4.20. The lowest BCUT2D eigenvalue weighted by atomic mass is 10.0. The normalized spacial score (nSPS) is 22.1. The molecule has 0 radical (unpaired) electrons. The molecule has 16 heavy (non-hydrogen) atoms. The van der Waals surface area contributed by atoms with Gasteiger partial charge in [-0.2, -0.15) is 0 Å². The van der Waals surface area contributed by atoms with Crippen molar-refractivity contribution in [2.45, 2.75) is 31.2 Å². The minimum absolute atomic E-state index is 0.114. The predicted octanol–water partition coefficient (Wildman–Crippen LogP) is 3.46. The zero-order valence-electron chi connectivity index (χ0n) is 9.70. The van der Waals surface area contributed by atoms with Gasteiger partial charge in [0.25, 0.3) is 0 Å². The van der Waals surface area contributed by atoms with E-state index in [0.29, 0.717) is 0 Å². The van der Waals surface area contributed by atoms with Crippen molar-refractivity contribution in [1.82, 2.24) is 0 Å². The van der Waals surface area contributed by atoms with E-state index in [9.17, 15) is 0 Å². The summed E-state index contributed by atoms with van der Waals surface area (Å²) in [5, 5.41) is -0.114. The molecule has 1 saturated heterocycles. The maximum absolute atomic E-state index is 6.46. The fourth-order valence-corrected chi connectivity index (χ4v) is 2.47. The summed E-state index contributed by atoms with van der Waals surface area (Å²) < 4.78 is 11.0. The molecule has 1 aliphatic rings. The van der Waals surface area contributed by atoms with E-state index in [4.69, 9.17) is 21.1 Å². The van der Waals surface area contributed by atoms with Gasteiger partial charge in [0, 0.05) is 12.2 Å². The molecule has 88 valence electrons. The summed E-state index contributed by atoms with van der Waals surface area (Å²) in [5.41, 5.74) is 2.23. The van der Waals surface area contributed by atoms with E-state index >= 15 is 0 Å². The van der Waals surface area contributed by atoms with Crippen molar-refractivity contribution in [3.8, 4) is 5.75 Å². The lowest BCUT2D eigenvalue weighted by Gasteiger charge is -2.19. The third kappa shape index (κ3) is 2.33. The Bertz CT molecular complexity index is 359. The Morgan fingerprint density at radius 1 is 1.50 bits per heavy atom. The first-order valence-corrected chi connectivity index (χ1v) is 6.06. The average molecular weight is 241 g/mol. The van der Waals surface area contributed by atoms with E-state index in [1.165, 1.54) is 5.56 Å². The molecule has 1 heterocycles. The molecule has 0 saturated carbocycles. The van der Waals surface area contributed by atoms with Crippen molar-refractivity contribution < 1.29 is 9.47 Å². The van der Waals surface area contributed by atoms with Gasteiger partial charge in [0.1, 0.15) is 5.75 Å². The lowest BCUT2D eigenvalue weighted by molar-refractivity contribution is 0.107. The molecule has 1 aromatic carbocycles. The smallest absolute Gasteiger partial charge is 0.123 e. The first kappa shape index (κ1) is 11.7. The van der Waals surface area contributed by atoms with Gasteiger partial charge >= 0.3 is 0 Å². The highest BCUT2D eigenvalue weighted by molar-refractivity contribution is 6.21. The average Bonchev–Trinajstić information content (AvgIpc) is 2.81. The van der Waals surface area contributed by atoms with Crippen LogP contribution in [0.25, 0.3) is 0 Å². The summed E-state index contributed by atoms with van der Waals surface area (Å²) in [6, 6.07) is 6.08. The van der Waals surface area contributed by atoms with Crippen LogP contribution in [0.15, 0.2) is 18.2 Å². The van der Waals surface area contributed by atoms with Crippen molar-refractivity contribution in [2.24, 2.45) is 0 Å². The van der Waals surface area contributed by atoms with E-state index in [1.807, 2.05) is 12.1 Å². The first-order valence-electron chi connectivity index (χ1n) is 5.62. The number of hydrogen-bond donors (Lipinski definition) is 0. The third-order valence-electron chi connectivity index (χ3n) is 2.97. The molecule has 2 atom stereocenters.